The molecule has 2 aromatic heterocycles. The summed E-state index contributed by atoms with van der Waals surface area (Å²) >= 11 is 0. The molecule has 0 unspecified atom stereocenters. The minimum Gasteiger partial charge on any atom is -0.373 e. The van der Waals surface area contributed by atoms with Crippen molar-refractivity contribution < 1.29 is 4.74 Å². The Labute approximate surface area is 155 Å². The fourth-order valence-electron chi connectivity index (χ4n) is 3.86. The first-order chi connectivity index (χ1) is 12.6. The van der Waals surface area contributed by atoms with Gasteiger partial charge in [-0.05, 0) is 32.6 Å². The van der Waals surface area contributed by atoms with Crippen molar-refractivity contribution in [2.24, 2.45) is 13.0 Å². The lowest BCUT2D eigenvalue weighted by Gasteiger charge is -2.26. The van der Waals surface area contributed by atoms with E-state index in [1.54, 1.807) is 0 Å². The third kappa shape index (κ3) is 3.55. The molecule has 4 rings (SSSR count). The van der Waals surface area contributed by atoms with Crippen LogP contribution < -0.4 is 0 Å². The van der Waals surface area contributed by atoms with Crippen LogP contribution >= 0.6 is 0 Å². The third-order valence-electron chi connectivity index (χ3n) is 6.14. The van der Waals surface area contributed by atoms with Crippen LogP contribution in [0.1, 0.15) is 49.1 Å². The molecule has 1 saturated carbocycles. The van der Waals surface area contributed by atoms with Crippen LogP contribution in [0.2, 0.25) is 0 Å². The molecule has 1 atom stereocenters. The van der Waals surface area contributed by atoms with Crippen molar-refractivity contribution in [2.45, 2.75) is 65.3 Å². The number of nitrogens with zero attached hydrogens (tertiary/aromatic N) is 6. The van der Waals surface area contributed by atoms with Gasteiger partial charge in [-0.1, -0.05) is 6.42 Å². The second-order valence-corrected chi connectivity index (χ2v) is 7.90. The van der Waals surface area contributed by atoms with Crippen molar-refractivity contribution in [3.8, 4) is 0 Å². The summed E-state index contributed by atoms with van der Waals surface area (Å²) in [6.07, 6.45) is 6.91. The van der Waals surface area contributed by atoms with Gasteiger partial charge in [0.25, 0.3) is 0 Å². The summed E-state index contributed by atoms with van der Waals surface area (Å²) in [5.41, 5.74) is 2.55. The Morgan fingerprint density at radius 3 is 2.77 bits per heavy atom. The van der Waals surface area contributed by atoms with Gasteiger partial charge in [0, 0.05) is 57.0 Å². The number of ether oxygens (including phenoxy) is 1. The van der Waals surface area contributed by atoms with Gasteiger partial charge >= 0.3 is 0 Å². The summed E-state index contributed by atoms with van der Waals surface area (Å²) in [6.45, 7) is 8.72. The van der Waals surface area contributed by atoms with Crippen molar-refractivity contribution >= 4 is 0 Å². The number of hydrogen-bond donors (Lipinski definition) is 0. The summed E-state index contributed by atoms with van der Waals surface area (Å²) in [5.74, 6) is 2.83. The van der Waals surface area contributed by atoms with Gasteiger partial charge in [0.05, 0.1) is 6.20 Å². The quantitative estimate of drug-likeness (QED) is 0.791. The molecule has 142 valence electrons. The zero-order chi connectivity index (χ0) is 18.1. The molecule has 7 heteroatoms. The molecule has 2 aromatic rings. The Kier molecular flexibility index (Phi) is 5.09. The minimum absolute atomic E-state index is 0.434. The Morgan fingerprint density at radius 1 is 1.23 bits per heavy atom. The Bertz CT molecular complexity index is 747. The van der Waals surface area contributed by atoms with Gasteiger partial charge in [0.2, 0.25) is 0 Å². The second kappa shape index (κ2) is 7.48. The van der Waals surface area contributed by atoms with Crippen LogP contribution in [0.25, 0.3) is 0 Å². The van der Waals surface area contributed by atoms with Gasteiger partial charge in [-0.2, -0.15) is 5.10 Å². The molecule has 0 bridgehead atoms. The van der Waals surface area contributed by atoms with Gasteiger partial charge in [-0.3, -0.25) is 9.58 Å². The van der Waals surface area contributed by atoms with Crippen LogP contribution in [-0.2, 0) is 37.9 Å². The number of aromatic nitrogens is 5. The molecule has 0 aromatic carbocycles. The molecule has 1 fully saturated rings. The maximum Gasteiger partial charge on any atom is 0.159 e. The maximum absolute atomic E-state index is 5.91. The molecule has 2 aliphatic rings. The fraction of sp³-hybridized carbons (Fsp3) is 0.737. The van der Waals surface area contributed by atoms with E-state index < -0.39 is 0 Å². The predicted molar refractivity (Wildman–Crippen MR) is 98.5 cm³/mol. The summed E-state index contributed by atoms with van der Waals surface area (Å²) < 4.78 is 10.1. The molecular weight excluding hydrogens is 328 g/mol. The first kappa shape index (κ1) is 17.7. The molecular formula is C19H30N6O. The summed E-state index contributed by atoms with van der Waals surface area (Å²) in [4.78, 5) is 2.53. The average Bonchev–Trinajstić information content (AvgIpc) is 3.06. The molecule has 0 spiro atoms. The van der Waals surface area contributed by atoms with E-state index in [1.165, 1.54) is 30.5 Å². The van der Waals surface area contributed by atoms with Crippen molar-refractivity contribution in [2.75, 3.05) is 13.2 Å². The van der Waals surface area contributed by atoms with E-state index in [4.69, 9.17) is 4.74 Å². The number of aryl methyl sites for hydroxylation is 1. The van der Waals surface area contributed by atoms with Crippen LogP contribution in [0.3, 0.4) is 0 Å². The smallest absolute Gasteiger partial charge is 0.159 e. The number of rotatable bonds is 6. The molecule has 3 heterocycles. The highest BCUT2D eigenvalue weighted by Crippen LogP contribution is 2.26. The molecule has 1 aliphatic carbocycles. The highest BCUT2D eigenvalue weighted by Gasteiger charge is 2.25. The topological polar surface area (TPSA) is 61.0 Å². The summed E-state index contributed by atoms with van der Waals surface area (Å²) in [7, 11) is 2.00. The van der Waals surface area contributed by atoms with E-state index in [9.17, 15) is 0 Å². The lowest BCUT2D eigenvalue weighted by molar-refractivity contribution is 0.0542. The normalized spacial score (nSPS) is 21.4. The second-order valence-electron chi connectivity index (χ2n) is 7.90. The highest BCUT2D eigenvalue weighted by molar-refractivity contribution is 5.16. The molecule has 26 heavy (non-hydrogen) atoms. The van der Waals surface area contributed by atoms with Crippen LogP contribution in [0.5, 0.6) is 0 Å². The first-order valence-electron chi connectivity index (χ1n) is 9.82. The van der Waals surface area contributed by atoms with Crippen molar-refractivity contribution in [3.05, 3.63) is 29.1 Å². The minimum atomic E-state index is 0.434. The van der Waals surface area contributed by atoms with E-state index in [0.717, 1.165) is 50.2 Å². The zero-order valence-corrected chi connectivity index (χ0v) is 16.2. The van der Waals surface area contributed by atoms with Crippen LogP contribution in [-0.4, -0.2) is 48.6 Å². The van der Waals surface area contributed by atoms with Crippen LogP contribution in [0.4, 0.5) is 0 Å². The lowest BCUT2D eigenvalue weighted by atomic mass is 9.86. The van der Waals surface area contributed by atoms with Gasteiger partial charge in [-0.15, -0.1) is 10.2 Å². The first-order valence-corrected chi connectivity index (χ1v) is 9.82. The van der Waals surface area contributed by atoms with E-state index in [-0.39, 0.29) is 0 Å². The SMILES string of the molecule is Cc1c(CN2CCn3c(COCC4CCC4)nnc3C[C@@H]2C)cnn1C. The Balaban J connectivity index is 1.39. The standard InChI is InChI=1S/C19H30N6O/c1-14-9-18-21-22-19(13-26-12-16-5-4-6-16)25(18)8-7-24(14)11-17-10-20-23(3)15(17)2/h10,14,16H,4-9,11-13H2,1-3H3/t14-/m0/s1. The van der Waals surface area contributed by atoms with E-state index in [0.29, 0.717) is 12.6 Å². The Morgan fingerprint density at radius 2 is 2.08 bits per heavy atom. The molecule has 7 nitrogen and oxygen atoms in total. The number of fused-ring (bicyclic) bond motifs is 1. The van der Waals surface area contributed by atoms with Crippen molar-refractivity contribution in [3.63, 3.8) is 0 Å². The van der Waals surface area contributed by atoms with E-state index in [1.807, 2.05) is 17.9 Å². The third-order valence-corrected chi connectivity index (χ3v) is 6.14. The van der Waals surface area contributed by atoms with Gasteiger partial charge in [0.15, 0.2) is 5.82 Å². The van der Waals surface area contributed by atoms with Gasteiger partial charge in [0.1, 0.15) is 12.4 Å². The molecule has 0 amide bonds. The van der Waals surface area contributed by atoms with E-state index >= 15 is 0 Å². The molecule has 0 saturated heterocycles. The highest BCUT2D eigenvalue weighted by atomic mass is 16.5. The van der Waals surface area contributed by atoms with Crippen LogP contribution in [0.15, 0.2) is 6.20 Å². The predicted octanol–water partition coefficient (Wildman–Crippen LogP) is 2.08. The zero-order valence-electron chi connectivity index (χ0n) is 16.2. The maximum atomic E-state index is 5.91. The molecule has 0 radical (unpaired) electrons. The van der Waals surface area contributed by atoms with Gasteiger partial charge in [-0.25, -0.2) is 0 Å². The monoisotopic (exact) mass is 358 g/mol. The Hall–Kier alpha value is -1.73. The molecule has 1 aliphatic heterocycles. The molecule has 0 N–H and O–H groups in total. The van der Waals surface area contributed by atoms with Crippen molar-refractivity contribution in [1.29, 1.82) is 0 Å². The summed E-state index contributed by atoms with van der Waals surface area (Å²) in [6, 6.07) is 0.434. The summed E-state index contributed by atoms with van der Waals surface area (Å²) in [5, 5.41) is 13.2. The van der Waals surface area contributed by atoms with Crippen LogP contribution in [0, 0.1) is 12.8 Å². The number of hydrogen-bond acceptors (Lipinski definition) is 5. The van der Waals surface area contributed by atoms with E-state index in [2.05, 4.69) is 38.6 Å². The average molecular weight is 358 g/mol. The largest absolute Gasteiger partial charge is 0.373 e. The fourth-order valence-corrected chi connectivity index (χ4v) is 3.86. The van der Waals surface area contributed by atoms with Gasteiger partial charge < -0.3 is 9.30 Å². The lowest BCUT2D eigenvalue weighted by Crippen LogP contribution is -2.34. The van der Waals surface area contributed by atoms with Crippen molar-refractivity contribution in [1.82, 2.24) is 29.4 Å².